The lowest BCUT2D eigenvalue weighted by Crippen LogP contribution is -2.12. The molecule has 3 rings (SSSR count). The van der Waals surface area contributed by atoms with Crippen LogP contribution in [0.5, 0.6) is 11.5 Å². The first-order chi connectivity index (χ1) is 10.7. The highest BCUT2D eigenvalue weighted by Crippen LogP contribution is 2.37. The molecule has 0 amide bonds. The highest BCUT2D eigenvalue weighted by Gasteiger charge is 2.21. The average molecular weight is 296 g/mol. The maximum atomic E-state index is 9.53. The van der Waals surface area contributed by atoms with Crippen molar-refractivity contribution >= 4 is 0 Å². The molecule has 0 aliphatic heterocycles. The van der Waals surface area contributed by atoms with E-state index in [1.165, 1.54) is 43.2 Å². The normalized spacial score (nSPS) is 16.0. The molecule has 0 atom stereocenters. The molecule has 2 nitrogen and oxygen atoms in total. The van der Waals surface area contributed by atoms with Gasteiger partial charge in [-0.2, -0.15) is 0 Å². The Kier molecular flexibility index (Phi) is 4.67. The Bertz CT molecular complexity index is 535. The number of hydrogen-bond acceptors (Lipinski definition) is 2. The summed E-state index contributed by atoms with van der Waals surface area (Å²) in [6.07, 6.45) is 7.87. The molecule has 2 N–H and O–H groups in total. The van der Waals surface area contributed by atoms with Crippen LogP contribution >= 0.6 is 0 Å². The minimum absolute atomic E-state index is 0.311. The second-order valence-corrected chi connectivity index (χ2v) is 6.48. The van der Waals surface area contributed by atoms with E-state index >= 15 is 0 Å². The van der Waals surface area contributed by atoms with Crippen molar-refractivity contribution in [1.82, 2.24) is 0 Å². The number of phenols is 2. The molecule has 2 aromatic carbocycles. The largest absolute Gasteiger partial charge is 0.508 e. The second-order valence-electron chi connectivity index (χ2n) is 6.48. The molecule has 1 aliphatic carbocycles. The van der Waals surface area contributed by atoms with E-state index in [0.717, 1.165) is 12.3 Å². The van der Waals surface area contributed by atoms with Crippen molar-refractivity contribution in [3.05, 3.63) is 59.7 Å². The van der Waals surface area contributed by atoms with Crippen molar-refractivity contribution in [2.24, 2.45) is 5.92 Å². The maximum Gasteiger partial charge on any atom is 0.115 e. The predicted octanol–water partition coefficient (Wildman–Crippen LogP) is 5.20. The van der Waals surface area contributed by atoms with Crippen LogP contribution < -0.4 is 0 Å². The Labute approximate surface area is 132 Å². The van der Waals surface area contributed by atoms with Crippen molar-refractivity contribution < 1.29 is 10.2 Å². The summed E-state index contributed by atoms with van der Waals surface area (Å²) < 4.78 is 0. The van der Waals surface area contributed by atoms with E-state index < -0.39 is 0 Å². The molecule has 0 bridgehead atoms. The zero-order valence-electron chi connectivity index (χ0n) is 12.9. The lowest BCUT2D eigenvalue weighted by atomic mass is 9.78. The molecule has 0 saturated heterocycles. The molecular formula is C20H24O2. The number of benzene rings is 2. The first-order valence-electron chi connectivity index (χ1n) is 8.30. The molecule has 1 aliphatic rings. The van der Waals surface area contributed by atoms with E-state index in [0.29, 0.717) is 17.4 Å². The standard InChI is InChI=1S/C20H24O2/c21-18-10-6-16(7-11-18)20(14-15-4-2-1-3-5-15)17-8-12-19(22)13-9-17/h6-13,15,20-22H,1-5,14H2. The van der Waals surface area contributed by atoms with Crippen molar-refractivity contribution in [3.63, 3.8) is 0 Å². The number of hydrogen-bond donors (Lipinski definition) is 2. The minimum Gasteiger partial charge on any atom is -0.508 e. The van der Waals surface area contributed by atoms with Crippen LogP contribution in [0.15, 0.2) is 48.5 Å². The molecule has 0 aromatic heterocycles. The van der Waals surface area contributed by atoms with Gasteiger partial charge in [-0.25, -0.2) is 0 Å². The van der Waals surface area contributed by atoms with Crippen molar-refractivity contribution in [3.8, 4) is 11.5 Å². The van der Waals surface area contributed by atoms with Crippen LogP contribution in [-0.2, 0) is 0 Å². The Morgan fingerprint density at radius 1 is 0.727 bits per heavy atom. The zero-order chi connectivity index (χ0) is 15.4. The van der Waals surface area contributed by atoms with Crippen LogP contribution in [0.3, 0.4) is 0 Å². The fraction of sp³-hybridized carbons (Fsp3) is 0.400. The average Bonchev–Trinajstić information content (AvgIpc) is 2.56. The van der Waals surface area contributed by atoms with Gasteiger partial charge in [0.05, 0.1) is 0 Å². The van der Waals surface area contributed by atoms with Crippen LogP contribution in [-0.4, -0.2) is 10.2 Å². The Morgan fingerprint density at radius 3 is 1.64 bits per heavy atom. The molecule has 0 spiro atoms. The SMILES string of the molecule is Oc1ccc(C(CC2CCCCC2)c2ccc(O)cc2)cc1. The van der Waals surface area contributed by atoms with Gasteiger partial charge in [-0.15, -0.1) is 0 Å². The number of rotatable bonds is 4. The van der Waals surface area contributed by atoms with Crippen LogP contribution in [0, 0.1) is 5.92 Å². The summed E-state index contributed by atoms with van der Waals surface area (Å²) in [5.41, 5.74) is 2.49. The van der Waals surface area contributed by atoms with Crippen molar-refractivity contribution in [1.29, 1.82) is 0 Å². The molecule has 0 radical (unpaired) electrons. The van der Waals surface area contributed by atoms with E-state index in [1.807, 2.05) is 24.3 Å². The first kappa shape index (κ1) is 15.0. The van der Waals surface area contributed by atoms with E-state index in [2.05, 4.69) is 0 Å². The Morgan fingerprint density at radius 2 is 1.18 bits per heavy atom. The van der Waals surface area contributed by atoms with Gasteiger partial charge in [-0.05, 0) is 47.7 Å². The van der Waals surface area contributed by atoms with Crippen LogP contribution in [0.25, 0.3) is 0 Å². The topological polar surface area (TPSA) is 40.5 Å². The summed E-state index contributed by atoms with van der Waals surface area (Å²) in [6.45, 7) is 0. The van der Waals surface area contributed by atoms with Gasteiger partial charge in [-0.3, -0.25) is 0 Å². The van der Waals surface area contributed by atoms with Crippen LogP contribution in [0.4, 0.5) is 0 Å². The molecule has 0 heterocycles. The van der Waals surface area contributed by atoms with Gasteiger partial charge in [0, 0.05) is 5.92 Å². The molecular weight excluding hydrogens is 272 g/mol. The van der Waals surface area contributed by atoms with Gasteiger partial charge >= 0.3 is 0 Å². The summed E-state index contributed by atoms with van der Waals surface area (Å²) in [7, 11) is 0. The Balaban J connectivity index is 1.86. The third kappa shape index (κ3) is 3.62. The van der Waals surface area contributed by atoms with Crippen molar-refractivity contribution in [2.45, 2.75) is 44.4 Å². The third-order valence-corrected chi connectivity index (χ3v) is 4.88. The quantitative estimate of drug-likeness (QED) is 0.814. The molecule has 116 valence electrons. The number of aromatic hydroxyl groups is 2. The smallest absolute Gasteiger partial charge is 0.115 e. The monoisotopic (exact) mass is 296 g/mol. The summed E-state index contributed by atoms with van der Waals surface area (Å²) in [5.74, 6) is 1.74. The molecule has 1 fully saturated rings. The lowest BCUT2D eigenvalue weighted by molar-refractivity contribution is 0.327. The summed E-state index contributed by atoms with van der Waals surface area (Å²) in [6, 6.07) is 15.2. The molecule has 22 heavy (non-hydrogen) atoms. The lowest BCUT2D eigenvalue weighted by Gasteiger charge is -2.27. The van der Waals surface area contributed by atoms with Crippen molar-refractivity contribution in [2.75, 3.05) is 0 Å². The molecule has 0 unspecified atom stereocenters. The second kappa shape index (κ2) is 6.87. The van der Waals surface area contributed by atoms with Gasteiger partial charge < -0.3 is 10.2 Å². The van der Waals surface area contributed by atoms with Gasteiger partial charge in [0.1, 0.15) is 11.5 Å². The van der Waals surface area contributed by atoms with Gasteiger partial charge in [0.15, 0.2) is 0 Å². The zero-order valence-corrected chi connectivity index (χ0v) is 12.9. The summed E-state index contributed by atoms with van der Waals surface area (Å²) in [4.78, 5) is 0. The minimum atomic E-state index is 0.311. The predicted molar refractivity (Wildman–Crippen MR) is 89.2 cm³/mol. The fourth-order valence-corrected chi connectivity index (χ4v) is 3.63. The highest BCUT2D eigenvalue weighted by molar-refractivity contribution is 5.37. The molecule has 1 saturated carbocycles. The highest BCUT2D eigenvalue weighted by atomic mass is 16.3. The number of phenolic OH excluding ortho intramolecular Hbond substituents is 2. The fourth-order valence-electron chi connectivity index (χ4n) is 3.63. The van der Waals surface area contributed by atoms with E-state index in [1.54, 1.807) is 24.3 Å². The van der Waals surface area contributed by atoms with Gasteiger partial charge in [0.25, 0.3) is 0 Å². The first-order valence-corrected chi connectivity index (χ1v) is 8.30. The van der Waals surface area contributed by atoms with E-state index in [9.17, 15) is 10.2 Å². The molecule has 2 aromatic rings. The van der Waals surface area contributed by atoms with Gasteiger partial charge in [-0.1, -0.05) is 56.4 Å². The van der Waals surface area contributed by atoms with E-state index in [-0.39, 0.29) is 0 Å². The Hall–Kier alpha value is -1.96. The van der Waals surface area contributed by atoms with Gasteiger partial charge in [0.2, 0.25) is 0 Å². The summed E-state index contributed by atoms with van der Waals surface area (Å²) >= 11 is 0. The van der Waals surface area contributed by atoms with Crippen LogP contribution in [0.1, 0.15) is 55.6 Å². The summed E-state index contributed by atoms with van der Waals surface area (Å²) in [5, 5.41) is 19.1. The molecule has 2 heteroatoms. The van der Waals surface area contributed by atoms with Crippen LogP contribution in [0.2, 0.25) is 0 Å². The third-order valence-electron chi connectivity index (χ3n) is 4.88. The van der Waals surface area contributed by atoms with E-state index in [4.69, 9.17) is 0 Å². The maximum absolute atomic E-state index is 9.53.